The van der Waals surface area contributed by atoms with E-state index in [1.807, 2.05) is 47.4 Å². The predicted molar refractivity (Wildman–Crippen MR) is 139 cm³/mol. The fraction of sp³-hybridized carbons (Fsp3) is 0.464. The summed E-state index contributed by atoms with van der Waals surface area (Å²) in [5.74, 6) is 2.28. The predicted octanol–water partition coefficient (Wildman–Crippen LogP) is 4.37. The third kappa shape index (κ3) is 4.76. The molecule has 2 saturated heterocycles. The van der Waals surface area contributed by atoms with Crippen molar-refractivity contribution in [1.29, 1.82) is 0 Å². The molecule has 2 aliphatic heterocycles. The second-order valence-corrected chi connectivity index (χ2v) is 9.60. The van der Waals surface area contributed by atoms with Crippen molar-refractivity contribution in [3.8, 4) is 11.5 Å². The van der Waals surface area contributed by atoms with Crippen LogP contribution in [0.4, 0.5) is 5.69 Å². The molecule has 3 aromatic rings. The molecule has 0 spiro atoms. The fourth-order valence-corrected chi connectivity index (χ4v) is 5.45. The van der Waals surface area contributed by atoms with Gasteiger partial charge >= 0.3 is 0 Å². The Morgan fingerprint density at radius 1 is 1.03 bits per heavy atom. The molecule has 1 atom stereocenters. The van der Waals surface area contributed by atoms with E-state index in [1.54, 1.807) is 19.1 Å². The molecular formula is C28H34N4O4. The van der Waals surface area contributed by atoms with E-state index in [0.717, 1.165) is 42.8 Å². The number of hydrogen-bond donors (Lipinski definition) is 0. The molecule has 3 heterocycles. The van der Waals surface area contributed by atoms with Crippen molar-refractivity contribution >= 4 is 28.5 Å². The summed E-state index contributed by atoms with van der Waals surface area (Å²) in [6, 6.07) is 13.5. The Balaban J connectivity index is 1.41. The zero-order valence-corrected chi connectivity index (χ0v) is 21.1. The van der Waals surface area contributed by atoms with Gasteiger partial charge in [-0.05, 0) is 37.1 Å². The van der Waals surface area contributed by atoms with Crippen molar-refractivity contribution in [2.24, 2.45) is 0 Å². The van der Waals surface area contributed by atoms with Gasteiger partial charge in [0.15, 0.2) is 0 Å². The largest absolute Gasteiger partial charge is 0.497 e. The Hall–Kier alpha value is -3.55. The molecule has 190 valence electrons. The van der Waals surface area contributed by atoms with E-state index in [4.69, 9.17) is 14.5 Å². The van der Waals surface area contributed by atoms with Crippen LogP contribution in [-0.4, -0.2) is 60.1 Å². The van der Waals surface area contributed by atoms with Crippen LogP contribution in [0.2, 0.25) is 0 Å². The molecule has 0 saturated carbocycles. The molecule has 2 fully saturated rings. The maximum Gasteiger partial charge on any atom is 0.227 e. The average Bonchev–Trinajstić information content (AvgIpc) is 3.34. The van der Waals surface area contributed by atoms with Gasteiger partial charge in [0.2, 0.25) is 11.8 Å². The molecule has 1 unspecified atom stereocenters. The molecule has 0 aliphatic carbocycles. The van der Waals surface area contributed by atoms with E-state index < -0.39 is 0 Å². The zero-order chi connectivity index (χ0) is 25.1. The molecule has 2 aliphatic rings. The molecule has 0 N–H and O–H groups in total. The van der Waals surface area contributed by atoms with Crippen LogP contribution in [0, 0.1) is 0 Å². The first-order chi connectivity index (χ1) is 17.6. The minimum atomic E-state index is -0.0888. The van der Waals surface area contributed by atoms with E-state index in [9.17, 15) is 9.59 Å². The lowest BCUT2D eigenvalue weighted by atomic mass is 10.1. The zero-order valence-electron chi connectivity index (χ0n) is 21.1. The number of carbonyl (C=O) groups excluding carboxylic acids is 2. The van der Waals surface area contributed by atoms with E-state index in [2.05, 4.69) is 4.57 Å². The summed E-state index contributed by atoms with van der Waals surface area (Å²) < 4.78 is 13.1. The molecule has 36 heavy (non-hydrogen) atoms. The molecule has 8 nitrogen and oxygen atoms in total. The molecule has 0 bridgehead atoms. The normalized spacial score (nSPS) is 18.5. The first-order valence-corrected chi connectivity index (χ1v) is 12.8. The van der Waals surface area contributed by atoms with Gasteiger partial charge in [0, 0.05) is 51.0 Å². The van der Waals surface area contributed by atoms with Crippen LogP contribution < -0.4 is 14.4 Å². The summed E-state index contributed by atoms with van der Waals surface area (Å²) in [6.45, 7) is 2.75. The van der Waals surface area contributed by atoms with Crippen LogP contribution in [0.15, 0.2) is 42.5 Å². The Morgan fingerprint density at radius 3 is 2.56 bits per heavy atom. The smallest absolute Gasteiger partial charge is 0.227 e. The van der Waals surface area contributed by atoms with Crippen LogP contribution in [0.5, 0.6) is 11.5 Å². The molecule has 0 radical (unpaired) electrons. The standard InChI is InChI=1S/C28H34N4O4/c1-35-21-11-12-25(36-2)24(18-21)32-19-20(17-27(32)34)28-29-22-9-5-6-10-23(22)31(28)16-13-26(33)30-14-7-3-4-8-15-30/h5-6,9-12,18,20H,3-4,7-8,13-17,19H2,1-2H3. The molecule has 2 amide bonds. The highest BCUT2D eigenvalue weighted by atomic mass is 16.5. The van der Waals surface area contributed by atoms with Crippen LogP contribution in [0.3, 0.4) is 0 Å². The highest BCUT2D eigenvalue weighted by molar-refractivity contribution is 5.98. The van der Waals surface area contributed by atoms with E-state index in [1.165, 1.54) is 12.8 Å². The summed E-state index contributed by atoms with van der Waals surface area (Å²) in [6.07, 6.45) is 5.34. The van der Waals surface area contributed by atoms with E-state index >= 15 is 0 Å². The number of aromatic nitrogens is 2. The molecule has 1 aromatic heterocycles. The van der Waals surface area contributed by atoms with Crippen LogP contribution >= 0.6 is 0 Å². The summed E-state index contributed by atoms with van der Waals surface area (Å²) in [5, 5.41) is 0. The van der Waals surface area contributed by atoms with Crippen LogP contribution in [0.1, 0.15) is 50.3 Å². The number of ether oxygens (including phenoxy) is 2. The molecule has 5 rings (SSSR count). The lowest BCUT2D eigenvalue weighted by molar-refractivity contribution is -0.131. The number of methoxy groups -OCH3 is 2. The van der Waals surface area contributed by atoms with Crippen molar-refractivity contribution in [1.82, 2.24) is 14.5 Å². The number of benzene rings is 2. The van der Waals surface area contributed by atoms with Gasteiger partial charge in [0.05, 0.1) is 30.9 Å². The van der Waals surface area contributed by atoms with Gasteiger partial charge in [0.1, 0.15) is 17.3 Å². The number of nitrogens with zero attached hydrogens (tertiary/aromatic N) is 4. The van der Waals surface area contributed by atoms with Gasteiger partial charge in [-0.3, -0.25) is 9.59 Å². The number of anilines is 1. The quantitative estimate of drug-likeness (QED) is 0.492. The van der Waals surface area contributed by atoms with Gasteiger partial charge < -0.3 is 23.8 Å². The topological polar surface area (TPSA) is 76.9 Å². The first kappa shape index (κ1) is 24.2. The summed E-state index contributed by atoms with van der Waals surface area (Å²) in [4.78, 5) is 34.9. The van der Waals surface area contributed by atoms with Gasteiger partial charge in [0.25, 0.3) is 0 Å². The lowest BCUT2D eigenvalue weighted by Gasteiger charge is -2.22. The summed E-state index contributed by atoms with van der Waals surface area (Å²) in [7, 11) is 3.21. The average molecular weight is 491 g/mol. The maximum absolute atomic E-state index is 13.2. The second-order valence-electron chi connectivity index (χ2n) is 9.60. The van der Waals surface area contributed by atoms with Crippen molar-refractivity contribution in [2.45, 2.75) is 51.0 Å². The molecule has 8 heteroatoms. The first-order valence-electron chi connectivity index (χ1n) is 12.8. The number of amides is 2. The Kier molecular flexibility index (Phi) is 7.11. The maximum atomic E-state index is 13.2. The Labute approximate surface area is 211 Å². The third-order valence-corrected chi connectivity index (χ3v) is 7.36. The van der Waals surface area contributed by atoms with Gasteiger partial charge in [-0.25, -0.2) is 4.98 Å². The van der Waals surface area contributed by atoms with Gasteiger partial charge in [-0.1, -0.05) is 25.0 Å². The van der Waals surface area contributed by atoms with Crippen molar-refractivity contribution in [3.05, 3.63) is 48.3 Å². The Bertz CT molecular complexity index is 1250. The number of hydrogen-bond acceptors (Lipinski definition) is 5. The third-order valence-electron chi connectivity index (χ3n) is 7.36. The summed E-state index contributed by atoms with van der Waals surface area (Å²) in [5.41, 5.74) is 2.59. The number of aryl methyl sites for hydroxylation is 1. The minimum Gasteiger partial charge on any atom is -0.497 e. The van der Waals surface area contributed by atoms with Gasteiger partial charge in [-0.2, -0.15) is 0 Å². The van der Waals surface area contributed by atoms with Gasteiger partial charge in [-0.15, -0.1) is 0 Å². The van der Waals surface area contributed by atoms with E-state index in [-0.39, 0.29) is 17.7 Å². The number of fused-ring (bicyclic) bond motifs is 1. The number of imidazole rings is 1. The van der Waals surface area contributed by atoms with Crippen LogP contribution in [-0.2, 0) is 16.1 Å². The van der Waals surface area contributed by atoms with Crippen molar-refractivity contribution in [2.75, 3.05) is 38.8 Å². The highest BCUT2D eigenvalue weighted by Crippen LogP contribution is 2.39. The number of carbonyl (C=O) groups is 2. The Morgan fingerprint density at radius 2 is 1.81 bits per heavy atom. The molecular weight excluding hydrogens is 456 g/mol. The number of rotatable bonds is 7. The van der Waals surface area contributed by atoms with Crippen LogP contribution in [0.25, 0.3) is 11.0 Å². The SMILES string of the molecule is COc1ccc(OC)c(N2CC(c3nc4ccccc4n3CCC(=O)N3CCCCCC3)CC2=O)c1. The van der Waals surface area contributed by atoms with Crippen molar-refractivity contribution < 1.29 is 19.1 Å². The fourth-order valence-electron chi connectivity index (χ4n) is 5.45. The second kappa shape index (κ2) is 10.6. The monoisotopic (exact) mass is 490 g/mol. The van der Waals surface area contributed by atoms with E-state index in [0.29, 0.717) is 43.1 Å². The molecule has 2 aromatic carbocycles. The number of para-hydroxylation sites is 2. The minimum absolute atomic E-state index is 0.0193. The summed E-state index contributed by atoms with van der Waals surface area (Å²) >= 11 is 0. The van der Waals surface area contributed by atoms with Crippen molar-refractivity contribution in [3.63, 3.8) is 0 Å². The number of likely N-dealkylation sites (tertiary alicyclic amines) is 1. The lowest BCUT2D eigenvalue weighted by Crippen LogP contribution is -2.32. The highest BCUT2D eigenvalue weighted by Gasteiger charge is 2.36.